The van der Waals surface area contributed by atoms with Crippen molar-refractivity contribution < 1.29 is 17.7 Å². The first kappa shape index (κ1) is 20.5. The number of nitrogens with one attached hydrogen (secondary N) is 1. The summed E-state index contributed by atoms with van der Waals surface area (Å²) in [4.78, 5) is 12.6. The van der Waals surface area contributed by atoms with E-state index in [1.807, 2.05) is 6.92 Å². The van der Waals surface area contributed by atoms with Crippen molar-refractivity contribution in [1.82, 2.24) is 14.8 Å². The predicted octanol–water partition coefficient (Wildman–Crippen LogP) is 2.27. The summed E-state index contributed by atoms with van der Waals surface area (Å²) in [7, 11) is -3.34. The molecule has 3 atom stereocenters. The van der Waals surface area contributed by atoms with Crippen molar-refractivity contribution in [2.24, 2.45) is 5.73 Å². The first-order chi connectivity index (χ1) is 14.2. The highest BCUT2D eigenvalue weighted by atomic mass is 32.2. The number of sulfonamides is 1. The smallest absolute Gasteiger partial charge is 0.273 e. The molecular weight excluding hydrogens is 404 g/mol. The van der Waals surface area contributed by atoms with E-state index in [0.29, 0.717) is 37.3 Å². The van der Waals surface area contributed by atoms with Gasteiger partial charge in [-0.3, -0.25) is 4.79 Å². The van der Waals surface area contributed by atoms with Gasteiger partial charge in [0.25, 0.3) is 5.91 Å². The molecule has 30 heavy (non-hydrogen) atoms. The molecule has 9 heteroatoms. The number of nitrogens with zero attached hydrogens (tertiary/aromatic N) is 2. The molecule has 5 rings (SSSR count). The SMILES string of the molecule is CC1(N)CCC(S(=O)(=O)N2[C@@H]3CC[C@H]2CC(NC(=O)c2cc(C4CC4)on2)C3)CC1. The van der Waals surface area contributed by atoms with Gasteiger partial charge < -0.3 is 15.6 Å². The Morgan fingerprint density at radius 3 is 2.40 bits per heavy atom. The fourth-order valence-electron chi connectivity index (χ4n) is 5.60. The molecule has 2 saturated heterocycles. The number of carbonyl (C=O) groups excluding carboxylic acids is 1. The van der Waals surface area contributed by atoms with Gasteiger partial charge in [0.15, 0.2) is 5.69 Å². The highest BCUT2D eigenvalue weighted by Gasteiger charge is 2.50. The summed E-state index contributed by atoms with van der Waals surface area (Å²) in [6.45, 7) is 2.01. The van der Waals surface area contributed by atoms with Crippen LogP contribution in [0.5, 0.6) is 0 Å². The Hall–Kier alpha value is -1.45. The molecule has 0 radical (unpaired) electrons. The van der Waals surface area contributed by atoms with Crippen LogP contribution in [-0.2, 0) is 10.0 Å². The number of amides is 1. The Morgan fingerprint density at radius 1 is 1.17 bits per heavy atom. The second kappa shape index (κ2) is 7.31. The van der Waals surface area contributed by atoms with E-state index in [1.165, 1.54) is 0 Å². The van der Waals surface area contributed by atoms with Crippen LogP contribution < -0.4 is 11.1 Å². The average Bonchev–Trinajstić information content (AvgIpc) is 3.34. The van der Waals surface area contributed by atoms with Gasteiger partial charge in [-0.1, -0.05) is 5.16 Å². The van der Waals surface area contributed by atoms with Crippen molar-refractivity contribution in [1.29, 1.82) is 0 Å². The van der Waals surface area contributed by atoms with Gasteiger partial charge in [-0.15, -0.1) is 0 Å². The van der Waals surface area contributed by atoms with Crippen LogP contribution in [-0.4, -0.2) is 52.7 Å². The lowest BCUT2D eigenvalue weighted by Crippen LogP contribution is -2.55. The van der Waals surface area contributed by atoms with Gasteiger partial charge in [0.05, 0.1) is 5.25 Å². The third-order valence-corrected chi connectivity index (χ3v) is 10.0. The monoisotopic (exact) mass is 436 g/mol. The molecule has 166 valence electrons. The number of fused-ring (bicyclic) bond motifs is 2. The lowest BCUT2D eigenvalue weighted by molar-refractivity contribution is 0.0899. The zero-order valence-corrected chi connectivity index (χ0v) is 18.4. The summed E-state index contributed by atoms with van der Waals surface area (Å²) >= 11 is 0. The van der Waals surface area contributed by atoms with E-state index in [-0.39, 0.29) is 34.8 Å². The normalized spacial score (nSPS) is 37.3. The van der Waals surface area contributed by atoms with E-state index >= 15 is 0 Å². The molecule has 3 heterocycles. The first-order valence-electron chi connectivity index (χ1n) is 11.3. The van der Waals surface area contributed by atoms with Crippen LogP contribution in [0.1, 0.15) is 93.3 Å². The highest BCUT2D eigenvalue weighted by Crippen LogP contribution is 2.42. The van der Waals surface area contributed by atoms with Gasteiger partial charge in [0.1, 0.15) is 5.76 Å². The maximum absolute atomic E-state index is 13.4. The minimum absolute atomic E-state index is 0.0235. The Labute approximate surface area is 178 Å². The quantitative estimate of drug-likeness (QED) is 0.731. The number of hydrogen-bond donors (Lipinski definition) is 2. The largest absolute Gasteiger partial charge is 0.360 e. The number of hydrogen-bond acceptors (Lipinski definition) is 6. The Balaban J connectivity index is 1.23. The van der Waals surface area contributed by atoms with E-state index in [4.69, 9.17) is 10.3 Å². The molecular formula is C21H32N4O4S. The zero-order valence-electron chi connectivity index (χ0n) is 17.5. The highest BCUT2D eigenvalue weighted by molar-refractivity contribution is 7.89. The molecule has 0 spiro atoms. The van der Waals surface area contributed by atoms with Gasteiger partial charge in [-0.2, -0.15) is 4.31 Å². The standard InChI is InChI=1S/C21H32N4O4S/c1-21(22)8-6-17(7-9-21)30(27,28)25-15-4-5-16(25)11-14(10-15)23-20(26)18-12-19(29-24-18)13-2-3-13/h12-17H,2-11,22H2,1H3,(H,23,26)/t14?,15-,16+,17?,21?. The third kappa shape index (κ3) is 3.80. The fourth-order valence-corrected chi connectivity index (χ4v) is 7.99. The molecule has 8 nitrogen and oxygen atoms in total. The van der Waals surface area contributed by atoms with Gasteiger partial charge in [0, 0.05) is 35.6 Å². The minimum atomic E-state index is -3.34. The van der Waals surface area contributed by atoms with E-state index < -0.39 is 10.0 Å². The van der Waals surface area contributed by atoms with Crippen molar-refractivity contribution in [2.75, 3.05) is 0 Å². The van der Waals surface area contributed by atoms with Crippen LogP contribution in [0.15, 0.2) is 10.6 Å². The lowest BCUT2D eigenvalue weighted by Gasteiger charge is -2.42. The molecule has 1 amide bonds. The first-order valence-corrected chi connectivity index (χ1v) is 12.8. The zero-order chi connectivity index (χ0) is 21.1. The van der Waals surface area contributed by atoms with Crippen molar-refractivity contribution in [2.45, 2.75) is 106 Å². The second-order valence-corrected chi connectivity index (χ2v) is 12.3. The van der Waals surface area contributed by atoms with Crippen molar-refractivity contribution in [3.05, 3.63) is 17.5 Å². The van der Waals surface area contributed by atoms with Crippen molar-refractivity contribution in [3.63, 3.8) is 0 Å². The summed E-state index contributed by atoms with van der Waals surface area (Å²) in [5, 5.41) is 6.67. The fraction of sp³-hybridized carbons (Fsp3) is 0.810. The van der Waals surface area contributed by atoms with Crippen LogP contribution in [0.25, 0.3) is 0 Å². The van der Waals surface area contributed by atoms with Gasteiger partial charge in [-0.25, -0.2) is 8.42 Å². The molecule has 4 fully saturated rings. The summed E-state index contributed by atoms with van der Waals surface area (Å²) in [5.41, 5.74) is 6.28. The molecule has 1 unspecified atom stereocenters. The molecule has 2 bridgehead atoms. The molecule has 1 aromatic heterocycles. The third-order valence-electron chi connectivity index (χ3n) is 7.53. The van der Waals surface area contributed by atoms with E-state index in [0.717, 1.165) is 44.3 Å². The van der Waals surface area contributed by atoms with E-state index in [1.54, 1.807) is 10.4 Å². The summed E-state index contributed by atoms with van der Waals surface area (Å²) in [6.07, 6.45) is 8.03. The second-order valence-electron chi connectivity index (χ2n) is 10.1. The summed E-state index contributed by atoms with van der Waals surface area (Å²) in [6, 6.07) is 1.67. The Morgan fingerprint density at radius 2 is 1.80 bits per heavy atom. The van der Waals surface area contributed by atoms with Crippen LogP contribution in [0, 0.1) is 0 Å². The maximum atomic E-state index is 13.4. The topological polar surface area (TPSA) is 119 Å². The minimum Gasteiger partial charge on any atom is -0.360 e. The van der Waals surface area contributed by atoms with E-state index in [2.05, 4.69) is 10.5 Å². The van der Waals surface area contributed by atoms with Crippen LogP contribution in [0.3, 0.4) is 0 Å². The molecule has 0 aromatic carbocycles. The average molecular weight is 437 g/mol. The summed E-state index contributed by atoms with van der Waals surface area (Å²) in [5.74, 6) is 0.989. The number of nitrogens with two attached hydrogens (primary N) is 1. The summed E-state index contributed by atoms with van der Waals surface area (Å²) < 4.78 is 33.9. The van der Waals surface area contributed by atoms with Gasteiger partial charge in [-0.05, 0) is 71.1 Å². The number of rotatable bonds is 5. The van der Waals surface area contributed by atoms with Crippen LogP contribution in [0.4, 0.5) is 0 Å². The Kier molecular flexibility index (Phi) is 4.98. The maximum Gasteiger partial charge on any atom is 0.273 e. The number of carbonyl (C=O) groups is 1. The van der Waals surface area contributed by atoms with Crippen molar-refractivity contribution >= 4 is 15.9 Å². The van der Waals surface area contributed by atoms with Crippen LogP contribution >= 0.6 is 0 Å². The van der Waals surface area contributed by atoms with Gasteiger partial charge >= 0.3 is 0 Å². The van der Waals surface area contributed by atoms with Crippen molar-refractivity contribution in [3.8, 4) is 0 Å². The van der Waals surface area contributed by atoms with Gasteiger partial charge in [0.2, 0.25) is 10.0 Å². The molecule has 1 aromatic rings. The molecule has 2 saturated carbocycles. The molecule has 4 aliphatic rings. The number of piperidine rings is 1. The lowest BCUT2D eigenvalue weighted by atomic mass is 9.84. The molecule has 3 N–H and O–H groups in total. The molecule has 2 aliphatic carbocycles. The molecule has 2 aliphatic heterocycles. The Bertz CT molecular complexity index is 899. The number of aromatic nitrogens is 1. The van der Waals surface area contributed by atoms with E-state index in [9.17, 15) is 13.2 Å². The van der Waals surface area contributed by atoms with Crippen LogP contribution in [0.2, 0.25) is 0 Å². The predicted molar refractivity (Wildman–Crippen MR) is 111 cm³/mol.